The van der Waals surface area contributed by atoms with Crippen LogP contribution in [-0.2, 0) is 4.74 Å². The lowest BCUT2D eigenvalue weighted by Crippen LogP contribution is -2.22. The topological polar surface area (TPSA) is 78.8 Å². The highest BCUT2D eigenvalue weighted by atomic mass is 19.1. The van der Waals surface area contributed by atoms with Crippen LogP contribution < -0.4 is 5.32 Å². The fourth-order valence-corrected chi connectivity index (χ4v) is 2.05. The normalized spacial score (nSPS) is 11.8. The minimum absolute atomic E-state index is 0.104. The molecule has 2 rings (SSSR count). The molecular formula is C17H18FNO4. The van der Waals surface area contributed by atoms with Gasteiger partial charge in [-0.25, -0.2) is 9.18 Å². The summed E-state index contributed by atoms with van der Waals surface area (Å²) in [5.74, 6) is -1.35. The highest BCUT2D eigenvalue weighted by molar-refractivity contribution is 5.90. The summed E-state index contributed by atoms with van der Waals surface area (Å²) in [5, 5.41) is 21.0. The number of halogens is 1. The van der Waals surface area contributed by atoms with E-state index in [1.165, 1.54) is 19.2 Å². The molecule has 0 amide bonds. The zero-order chi connectivity index (χ0) is 16.8. The molecule has 2 aromatic carbocycles. The second kappa shape index (κ2) is 7.71. The Morgan fingerprint density at radius 1 is 1.22 bits per heavy atom. The summed E-state index contributed by atoms with van der Waals surface area (Å²) < 4.78 is 18.4. The minimum atomic E-state index is -0.824. The standard InChI is InChI=1S/C17H18FNO4/c1-23-17(22)15-7-4-12(8-16(15)18)11-2-5-13(6-3-11)19-9-14(21)10-20/h2-8,14,19-21H,9-10H2,1H3. The van der Waals surface area contributed by atoms with Crippen molar-refractivity contribution >= 4 is 11.7 Å². The predicted octanol–water partition coefficient (Wildman–Crippen LogP) is 2.04. The van der Waals surface area contributed by atoms with Crippen molar-refractivity contribution in [2.24, 2.45) is 0 Å². The van der Waals surface area contributed by atoms with E-state index in [-0.39, 0.29) is 18.7 Å². The molecule has 5 nitrogen and oxygen atoms in total. The number of methoxy groups -OCH3 is 1. The quantitative estimate of drug-likeness (QED) is 0.710. The lowest BCUT2D eigenvalue weighted by atomic mass is 10.0. The van der Waals surface area contributed by atoms with E-state index in [0.717, 1.165) is 11.3 Å². The van der Waals surface area contributed by atoms with Gasteiger partial charge in [0.2, 0.25) is 0 Å². The van der Waals surface area contributed by atoms with Gasteiger partial charge in [0.1, 0.15) is 5.82 Å². The molecule has 2 aromatic rings. The molecule has 1 unspecified atom stereocenters. The number of hydrogen-bond donors (Lipinski definition) is 3. The maximum absolute atomic E-state index is 13.9. The first-order valence-corrected chi connectivity index (χ1v) is 7.06. The molecule has 0 saturated carbocycles. The van der Waals surface area contributed by atoms with Gasteiger partial charge < -0.3 is 20.3 Å². The molecule has 0 saturated heterocycles. The first-order chi connectivity index (χ1) is 11.0. The predicted molar refractivity (Wildman–Crippen MR) is 84.8 cm³/mol. The fraction of sp³-hybridized carbons (Fsp3) is 0.235. The molecule has 3 N–H and O–H groups in total. The summed E-state index contributed by atoms with van der Waals surface area (Å²) in [6, 6.07) is 11.5. The van der Waals surface area contributed by atoms with Gasteiger partial charge in [0.05, 0.1) is 25.4 Å². The van der Waals surface area contributed by atoms with E-state index >= 15 is 0 Å². The van der Waals surface area contributed by atoms with Crippen molar-refractivity contribution in [2.45, 2.75) is 6.10 Å². The lowest BCUT2D eigenvalue weighted by molar-refractivity contribution is 0.0595. The summed E-state index contributed by atoms with van der Waals surface area (Å²) >= 11 is 0. The van der Waals surface area contributed by atoms with Gasteiger partial charge in [0.15, 0.2) is 0 Å². The largest absolute Gasteiger partial charge is 0.465 e. The summed E-state index contributed by atoms with van der Waals surface area (Å²) in [5.41, 5.74) is 2.09. The number of ether oxygens (including phenoxy) is 1. The first kappa shape index (κ1) is 16.9. The molecule has 6 heteroatoms. The average molecular weight is 319 g/mol. The number of benzene rings is 2. The number of aliphatic hydroxyl groups is 2. The number of rotatable bonds is 6. The number of esters is 1. The molecule has 0 aliphatic rings. The van der Waals surface area contributed by atoms with Crippen LogP contribution in [0.15, 0.2) is 42.5 Å². The van der Waals surface area contributed by atoms with Crippen LogP contribution in [0.5, 0.6) is 0 Å². The molecule has 0 aromatic heterocycles. The van der Waals surface area contributed by atoms with Gasteiger partial charge in [0.25, 0.3) is 0 Å². The fourth-order valence-electron chi connectivity index (χ4n) is 2.05. The molecule has 23 heavy (non-hydrogen) atoms. The second-order valence-electron chi connectivity index (χ2n) is 4.98. The molecule has 1 atom stereocenters. The Morgan fingerprint density at radius 3 is 2.43 bits per heavy atom. The van der Waals surface area contributed by atoms with Crippen LogP contribution in [0.1, 0.15) is 10.4 Å². The molecule has 0 heterocycles. The van der Waals surface area contributed by atoms with Crippen molar-refractivity contribution in [1.82, 2.24) is 0 Å². The van der Waals surface area contributed by atoms with Crippen LogP contribution in [-0.4, -0.2) is 42.5 Å². The zero-order valence-corrected chi connectivity index (χ0v) is 12.6. The van der Waals surface area contributed by atoms with E-state index in [1.807, 2.05) is 0 Å². The van der Waals surface area contributed by atoms with Crippen LogP contribution in [0, 0.1) is 5.82 Å². The highest BCUT2D eigenvalue weighted by Crippen LogP contribution is 2.24. The Balaban J connectivity index is 2.13. The van der Waals surface area contributed by atoms with E-state index in [0.29, 0.717) is 5.56 Å². The maximum atomic E-state index is 13.9. The third kappa shape index (κ3) is 4.28. The van der Waals surface area contributed by atoms with Crippen molar-refractivity contribution in [3.8, 4) is 11.1 Å². The Hall–Kier alpha value is -2.44. The van der Waals surface area contributed by atoms with Gasteiger partial charge in [0, 0.05) is 12.2 Å². The molecule has 0 spiro atoms. The van der Waals surface area contributed by atoms with E-state index in [2.05, 4.69) is 10.1 Å². The average Bonchev–Trinajstić information content (AvgIpc) is 2.59. The van der Waals surface area contributed by atoms with Crippen molar-refractivity contribution < 1.29 is 24.1 Å². The van der Waals surface area contributed by atoms with Crippen LogP contribution in [0.2, 0.25) is 0 Å². The summed E-state index contributed by atoms with van der Waals surface area (Å²) in [6.07, 6.45) is -0.824. The van der Waals surface area contributed by atoms with Crippen molar-refractivity contribution in [3.05, 3.63) is 53.8 Å². The number of hydrogen-bond acceptors (Lipinski definition) is 5. The van der Waals surface area contributed by atoms with E-state index in [4.69, 9.17) is 5.11 Å². The molecule has 0 aliphatic heterocycles. The van der Waals surface area contributed by atoms with Crippen LogP contribution in [0.25, 0.3) is 11.1 Å². The molecular weight excluding hydrogens is 301 g/mol. The van der Waals surface area contributed by atoms with Gasteiger partial charge in [-0.15, -0.1) is 0 Å². The van der Waals surface area contributed by atoms with Crippen molar-refractivity contribution in [2.75, 3.05) is 25.6 Å². The first-order valence-electron chi connectivity index (χ1n) is 7.06. The number of nitrogens with one attached hydrogen (secondary N) is 1. The molecule has 0 fully saturated rings. The van der Waals surface area contributed by atoms with Gasteiger partial charge in [-0.2, -0.15) is 0 Å². The van der Waals surface area contributed by atoms with Crippen LogP contribution in [0.4, 0.5) is 10.1 Å². The maximum Gasteiger partial charge on any atom is 0.340 e. The van der Waals surface area contributed by atoms with Crippen molar-refractivity contribution in [3.63, 3.8) is 0 Å². The number of carbonyl (C=O) groups is 1. The van der Waals surface area contributed by atoms with Crippen LogP contribution >= 0.6 is 0 Å². The van der Waals surface area contributed by atoms with Gasteiger partial charge >= 0.3 is 5.97 Å². The SMILES string of the molecule is COC(=O)c1ccc(-c2ccc(NCC(O)CO)cc2)cc1F. The van der Waals surface area contributed by atoms with E-state index in [1.54, 1.807) is 30.3 Å². The van der Waals surface area contributed by atoms with E-state index in [9.17, 15) is 14.3 Å². The van der Waals surface area contributed by atoms with Crippen molar-refractivity contribution in [1.29, 1.82) is 0 Å². The molecule has 0 bridgehead atoms. The number of aliphatic hydroxyl groups excluding tert-OH is 2. The third-order valence-electron chi connectivity index (χ3n) is 3.35. The van der Waals surface area contributed by atoms with Gasteiger partial charge in [-0.05, 0) is 35.4 Å². The number of anilines is 1. The molecule has 122 valence electrons. The summed E-state index contributed by atoms with van der Waals surface area (Å²) in [7, 11) is 1.20. The Kier molecular flexibility index (Phi) is 5.67. The Morgan fingerprint density at radius 2 is 1.87 bits per heavy atom. The van der Waals surface area contributed by atoms with Gasteiger partial charge in [-0.3, -0.25) is 0 Å². The number of carbonyl (C=O) groups excluding carboxylic acids is 1. The zero-order valence-electron chi connectivity index (χ0n) is 12.6. The van der Waals surface area contributed by atoms with E-state index < -0.39 is 17.9 Å². The Bertz CT molecular complexity index is 673. The second-order valence-corrected chi connectivity index (χ2v) is 4.98. The summed E-state index contributed by atoms with van der Waals surface area (Å²) in [6.45, 7) is -0.0742. The third-order valence-corrected chi connectivity index (χ3v) is 3.35. The van der Waals surface area contributed by atoms with Gasteiger partial charge in [-0.1, -0.05) is 18.2 Å². The highest BCUT2D eigenvalue weighted by Gasteiger charge is 2.12. The summed E-state index contributed by atoms with van der Waals surface area (Å²) in [4.78, 5) is 11.4. The molecule has 0 aliphatic carbocycles. The Labute approximate surface area is 133 Å². The molecule has 0 radical (unpaired) electrons. The van der Waals surface area contributed by atoms with Crippen LogP contribution in [0.3, 0.4) is 0 Å². The monoisotopic (exact) mass is 319 g/mol. The lowest BCUT2D eigenvalue weighted by Gasteiger charge is -2.11. The smallest absolute Gasteiger partial charge is 0.340 e. The minimum Gasteiger partial charge on any atom is -0.465 e.